The summed E-state index contributed by atoms with van der Waals surface area (Å²) in [4.78, 5) is 14.8. The van der Waals surface area contributed by atoms with Crippen LogP contribution in [0.15, 0.2) is 6.07 Å². The van der Waals surface area contributed by atoms with Crippen LogP contribution in [0, 0.1) is 3.57 Å². The number of nitrogens with zero attached hydrogens (tertiary/aromatic N) is 1. The average molecular weight is 362 g/mol. The smallest absolute Gasteiger partial charge is 0.341 e. The molecule has 0 aromatic carbocycles. The van der Waals surface area contributed by atoms with Crippen LogP contribution in [0.2, 0.25) is 5.15 Å². The summed E-state index contributed by atoms with van der Waals surface area (Å²) in [5, 5.41) is -0.269. The monoisotopic (exact) mass is 361 g/mol. The molecule has 16 heavy (non-hydrogen) atoms. The zero-order valence-corrected chi connectivity index (χ0v) is 11.1. The number of hydrogen-bond donors (Lipinski definition) is 0. The minimum Gasteiger partial charge on any atom is -0.462 e. The first-order valence-corrected chi connectivity index (χ1v) is 5.74. The topological polar surface area (TPSA) is 39.2 Å². The maximum absolute atomic E-state index is 12.4. The summed E-state index contributed by atoms with van der Waals surface area (Å²) in [7, 11) is 0. The lowest BCUT2D eigenvalue weighted by Gasteiger charge is -2.07. The number of carbonyl (C=O) groups is 1. The van der Waals surface area contributed by atoms with Gasteiger partial charge in [-0.25, -0.2) is 18.6 Å². The van der Waals surface area contributed by atoms with Crippen LogP contribution in [0.1, 0.15) is 29.4 Å². The highest BCUT2D eigenvalue weighted by molar-refractivity contribution is 14.1. The molecular weight excluding hydrogens is 354 g/mol. The lowest BCUT2D eigenvalue weighted by Crippen LogP contribution is -2.08. The molecule has 0 bridgehead atoms. The zero-order chi connectivity index (χ0) is 12.3. The Bertz CT molecular complexity index is 415. The van der Waals surface area contributed by atoms with E-state index in [0.29, 0.717) is 0 Å². The molecule has 0 unspecified atom stereocenters. The second-order valence-corrected chi connectivity index (χ2v) is 4.24. The molecule has 0 atom stereocenters. The molecule has 0 spiro atoms. The van der Waals surface area contributed by atoms with Crippen LogP contribution in [0.3, 0.4) is 0 Å². The van der Waals surface area contributed by atoms with Crippen molar-refractivity contribution in [2.24, 2.45) is 0 Å². The Kier molecular flexibility index (Phi) is 4.85. The molecule has 0 fully saturated rings. The molecule has 0 radical (unpaired) electrons. The number of hydrogen-bond acceptors (Lipinski definition) is 3. The predicted octanol–water partition coefficient (Wildman–Crippen LogP) is 3.45. The molecule has 88 valence electrons. The van der Waals surface area contributed by atoms with Gasteiger partial charge >= 0.3 is 5.97 Å². The van der Waals surface area contributed by atoms with Gasteiger partial charge < -0.3 is 4.74 Å². The quantitative estimate of drug-likeness (QED) is 0.470. The normalized spacial score (nSPS) is 10.6. The third kappa shape index (κ3) is 3.00. The Balaban J connectivity index is 3.15. The number of carbonyl (C=O) groups excluding carboxylic acids is 1. The first kappa shape index (κ1) is 13.6. The SMILES string of the molecule is CCOC(=O)c1cc(I)c(C(F)F)nc1Cl. The summed E-state index contributed by atoms with van der Waals surface area (Å²) >= 11 is 7.30. The summed E-state index contributed by atoms with van der Waals surface area (Å²) in [6, 6.07) is 1.25. The Morgan fingerprint density at radius 3 is 2.81 bits per heavy atom. The van der Waals surface area contributed by atoms with E-state index in [-0.39, 0.29) is 20.9 Å². The molecule has 0 aliphatic rings. The van der Waals surface area contributed by atoms with Gasteiger partial charge in [0.2, 0.25) is 0 Å². The fraction of sp³-hybridized carbons (Fsp3) is 0.333. The maximum Gasteiger partial charge on any atom is 0.341 e. The fourth-order valence-corrected chi connectivity index (χ4v) is 1.87. The summed E-state index contributed by atoms with van der Waals surface area (Å²) < 4.78 is 29.8. The second-order valence-electron chi connectivity index (χ2n) is 2.71. The molecule has 0 N–H and O–H groups in total. The Hall–Kier alpha value is -0.500. The highest BCUT2D eigenvalue weighted by Gasteiger charge is 2.20. The largest absolute Gasteiger partial charge is 0.462 e. The summed E-state index contributed by atoms with van der Waals surface area (Å²) in [6.45, 7) is 1.82. The molecule has 3 nitrogen and oxygen atoms in total. The minimum absolute atomic E-state index is 0.00248. The number of alkyl halides is 2. The third-order valence-electron chi connectivity index (χ3n) is 1.66. The van der Waals surface area contributed by atoms with Crippen LogP contribution in [-0.4, -0.2) is 17.6 Å². The first-order chi connectivity index (χ1) is 7.47. The van der Waals surface area contributed by atoms with Gasteiger partial charge in [0.15, 0.2) is 0 Å². The predicted molar refractivity (Wildman–Crippen MR) is 62.9 cm³/mol. The Morgan fingerprint density at radius 2 is 2.31 bits per heavy atom. The summed E-state index contributed by atoms with van der Waals surface area (Å²) in [6.07, 6.45) is -2.72. The van der Waals surface area contributed by atoms with Crippen LogP contribution in [-0.2, 0) is 4.74 Å². The average Bonchev–Trinajstić information content (AvgIpc) is 2.20. The van der Waals surface area contributed by atoms with Crippen molar-refractivity contribution in [2.75, 3.05) is 6.61 Å². The molecule has 0 aliphatic carbocycles. The fourth-order valence-electron chi connectivity index (χ4n) is 0.985. The maximum atomic E-state index is 12.4. The molecule has 1 aromatic rings. The van der Waals surface area contributed by atoms with E-state index in [1.165, 1.54) is 6.07 Å². The molecule has 7 heteroatoms. The number of ether oxygens (including phenoxy) is 1. The lowest BCUT2D eigenvalue weighted by atomic mass is 10.2. The van der Waals surface area contributed by atoms with Crippen LogP contribution in [0.25, 0.3) is 0 Å². The molecule has 1 rings (SSSR count). The van der Waals surface area contributed by atoms with Crippen molar-refractivity contribution in [2.45, 2.75) is 13.3 Å². The van der Waals surface area contributed by atoms with Gasteiger partial charge in [0.1, 0.15) is 10.8 Å². The highest BCUT2D eigenvalue weighted by Crippen LogP contribution is 2.27. The van der Waals surface area contributed by atoms with E-state index in [9.17, 15) is 13.6 Å². The molecule has 0 saturated carbocycles. The van der Waals surface area contributed by atoms with E-state index < -0.39 is 18.1 Å². The van der Waals surface area contributed by atoms with Crippen molar-refractivity contribution >= 4 is 40.2 Å². The summed E-state index contributed by atoms with van der Waals surface area (Å²) in [5.41, 5.74) is -0.434. The van der Waals surface area contributed by atoms with Crippen LogP contribution < -0.4 is 0 Å². The van der Waals surface area contributed by atoms with Crippen LogP contribution in [0.5, 0.6) is 0 Å². The van der Waals surface area contributed by atoms with E-state index in [1.807, 2.05) is 0 Å². The number of aromatic nitrogens is 1. The van der Waals surface area contributed by atoms with E-state index in [0.717, 1.165) is 0 Å². The van der Waals surface area contributed by atoms with E-state index in [4.69, 9.17) is 16.3 Å². The van der Waals surface area contributed by atoms with Crippen molar-refractivity contribution in [1.82, 2.24) is 4.98 Å². The van der Waals surface area contributed by atoms with Gasteiger partial charge in [-0.3, -0.25) is 0 Å². The van der Waals surface area contributed by atoms with E-state index >= 15 is 0 Å². The second kappa shape index (κ2) is 5.72. The van der Waals surface area contributed by atoms with Crippen LogP contribution >= 0.6 is 34.2 Å². The molecule has 0 amide bonds. The molecule has 1 aromatic heterocycles. The van der Waals surface area contributed by atoms with E-state index in [2.05, 4.69) is 4.98 Å². The number of esters is 1. The van der Waals surface area contributed by atoms with Crippen molar-refractivity contribution in [1.29, 1.82) is 0 Å². The Labute approximate surface area is 109 Å². The highest BCUT2D eigenvalue weighted by atomic mass is 127. The van der Waals surface area contributed by atoms with Gasteiger partial charge in [-0.2, -0.15) is 0 Å². The summed E-state index contributed by atoms with van der Waals surface area (Å²) in [5.74, 6) is -0.668. The molecular formula is C9H7ClF2INO2. The van der Waals surface area contributed by atoms with Gasteiger partial charge in [0.25, 0.3) is 6.43 Å². The standard InChI is InChI=1S/C9H7ClF2INO2/c1-2-16-9(15)4-3-5(13)6(8(11)12)14-7(4)10/h3,8H,2H2,1H3. The van der Waals surface area contributed by atoms with Gasteiger partial charge in [-0.1, -0.05) is 11.6 Å². The van der Waals surface area contributed by atoms with Crippen LogP contribution in [0.4, 0.5) is 8.78 Å². The van der Waals surface area contributed by atoms with Crippen molar-refractivity contribution < 1.29 is 18.3 Å². The number of pyridine rings is 1. The number of rotatable bonds is 3. The van der Waals surface area contributed by atoms with Gasteiger partial charge in [0, 0.05) is 3.57 Å². The molecule has 1 heterocycles. The van der Waals surface area contributed by atoms with Crippen molar-refractivity contribution in [3.8, 4) is 0 Å². The van der Waals surface area contributed by atoms with E-state index in [1.54, 1.807) is 29.5 Å². The minimum atomic E-state index is -2.72. The first-order valence-electron chi connectivity index (χ1n) is 4.28. The molecule has 0 saturated heterocycles. The van der Waals surface area contributed by atoms with Crippen molar-refractivity contribution in [3.63, 3.8) is 0 Å². The lowest BCUT2D eigenvalue weighted by molar-refractivity contribution is 0.0525. The van der Waals surface area contributed by atoms with Crippen molar-refractivity contribution in [3.05, 3.63) is 26.0 Å². The third-order valence-corrected chi connectivity index (χ3v) is 2.81. The Morgan fingerprint density at radius 1 is 1.69 bits per heavy atom. The van der Waals surface area contributed by atoms with Gasteiger partial charge in [-0.05, 0) is 35.6 Å². The number of halogens is 4. The van der Waals surface area contributed by atoms with Gasteiger partial charge in [-0.15, -0.1) is 0 Å². The van der Waals surface area contributed by atoms with Gasteiger partial charge in [0.05, 0.1) is 12.2 Å². The molecule has 0 aliphatic heterocycles. The zero-order valence-electron chi connectivity index (χ0n) is 8.14.